The van der Waals surface area contributed by atoms with Gasteiger partial charge in [-0.1, -0.05) is 46.4 Å². The van der Waals surface area contributed by atoms with Crippen molar-refractivity contribution >= 4 is 69.7 Å². The smallest absolute Gasteiger partial charge is 0.340 e. The van der Waals surface area contributed by atoms with Gasteiger partial charge in [0.2, 0.25) is 0 Å². The number of benzene rings is 2. The van der Waals surface area contributed by atoms with Crippen molar-refractivity contribution in [3.63, 3.8) is 0 Å². The molecule has 0 unspecified atom stereocenters. The average Bonchev–Trinajstić information content (AvgIpc) is 2.55. The van der Waals surface area contributed by atoms with Crippen LogP contribution >= 0.6 is 46.4 Å². The van der Waals surface area contributed by atoms with Crippen LogP contribution in [0.2, 0.25) is 20.1 Å². The minimum Gasteiger partial charge on any atom is -0.452 e. The third kappa shape index (κ3) is 4.98. The normalized spacial score (nSPS) is 10.3. The van der Waals surface area contributed by atoms with Crippen LogP contribution in [0.25, 0.3) is 0 Å². The number of halogens is 4. The molecule has 0 saturated heterocycles. The standard InChI is InChI=1S/C15H8Cl4N2O5/c16-7-3-11(18)14(12(19)4-7)20-13(22)6-26-15(23)9-2-1-8(21(24)25)5-10(9)17/h1-5H,6H2,(H,20,22). The van der Waals surface area contributed by atoms with Gasteiger partial charge in [0.1, 0.15) is 0 Å². The number of nitro benzene ring substituents is 1. The Balaban J connectivity index is 2.01. The van der Waals surface area contributed by atoms with Crippen LogP contribution in [0.15, 0.2) is 30.3 Å². The van der Waals surface area contributed by atoms with Crippen LogP contribution in [0.3, 0.4) is 0 Å². The number of esters is 1. The number of nitrogens with zero attached hydrogens (tertiary/aromatic N) is 1. The monoisotopic (exact) mass is 436 g/mol. The Morgan fingerprint density at radius 1 is 1.04 bits per heavy atom. The Morgan fingerprint density at radius 2 is 1.65 bits per heavy atom. The fourth-order valence-electron chi connectivity index (χ4n) is 1.83. The highest BCUT2D eigenvalue weighted by atomic mass is 35.5. The lowest BCUT2D eigenvalue weighted by molar-refractivity contribution is -0.384. The summed E-state index contributed by atoms with van der Waals surface area (Å²) in [6.45, 7) is -0.651. The number of carbonyl (C=O) groups is 2. The van der Waals surface area contributed by atoms with E-state index in [0.29, 0.717) is 0 Å². The third-order valence-electron chi connectivity index (χ3n) is 2.99. The van der Waals surface area contributed by atoms with Gasteiger partial charge in [-0.05, 0) is 18.2 Å². The summed E-state index contributed by atoms with van der Waals surface area (Å²) in [4.78, 5) is 33.8. The van der Waals surface area contributed by atoms with Crippen LogP contribution < -0.4 is 5.32 Å². The molecule has 0 bridgehead atoms. The van der Waals surface area contributed by atoms with Crippen LogP contribution in [0, 0.1) is 10.1 Å². The van der Waals surface area contributed by atoms with Gasteiger partial charge in [0, 0.05) is 17.2 Å². The molecule has 26 heavy (non-hydrogen) atoms. The predicted octanol–water partition coefficient (Wildman–Crippen LogP) is 5.00. The Kier molecular flexibility index (Phi) is 6.66. The van der Waals surface area contributed by atoms with Gasteiger partial charge in [0.05, 0.1) is 31.2 Å². The van der Waals surface area contributed by atoms with Crippen LogP contribution in [-0.4, -0.2) is 23.4 Å². The van der Waals surface area contributed by atoms with Crippen molar-refractivity contribution in [3.05, 3.63) is 66.1 Å². The van der Waals surface area contributed by atoms with Crippen molar-refractivity contribution in [3.8, 4) is 0 Å². The van der Waals surface area contributed by atoms with Gasteiger partial charge in [-0.25, -0.2) is 4.79 Å². The number of ether oxygens (including phenoxy) is 1. The summed E-state index contributed by atoms with van der Waals surface area (Å²) in [6.07, 6.45) is 0. The summed E-state index contributed by atoms with van der Waals surface area (Å²) < 4.78 is 4.83. The summed E-state index contributed by atoms with van der Waals surface area (Å²) in [5, 5.41) is 13.4. The topological polar surface area (TPSA) is 98.5 Å². The molecule has 2 rings (SSSR count). The maximum absolute atomic E-state index is 12.0. The maximum atomic E-state index is 12.0. The molecule has 0 aliphatic carbocycles. The van der Waals surface area contributed by atoms with Gasteiger partial charge in [0.25, 0.3) is 11.6 Å². The van der Waals surface area contributed by atoms with Crippen LogP contribution in [0.4, 0.5) is 11.4 Å². The van der Waals surface area contributed by atoms with E-state index in [4.69, 9.17) is 51.1 Å². The first-order chi connectivity index (χ1) is 12.2. The zero-order valence-electron chi connectivity index (χ0n) is 12.6. The van der Waals surface area contributed by atoms with Crippen LogP contribution in [0.5, 0.6) is 0 Å². The fourth-order valence-corrected chi connectivity index (χ4v) is 2.99. The number of non-ortho nitro benzene ring substituents is 1. The molecule has 0 fully saturated rings. The molecule has 1 N–H and O–H groups in total. The second-order valence-corrected chi connectivity index (χ2v) is 6.45. The van der Waals surface area contributed by atoms with E-state index in [1.165, 1.54) is 12.1 Å². The highest BCUT2D eigenvalue weighted by Crippen LogP contribution is 2.33. The molecule has 11 heteroatoms. The van der Waals surface area contributed by atoms with E-state index in [2.05, 4.69) is 5.32 Å². The summed E-state index contributed by atoms with van der Waals surface area (Å²) in [6, 6.07) is 6.00. The molecule has 0 saturated carbocycles. The molecule has 0 aliphatic rings. The number of nitro groups is 1. The minimum absolute atomic E-state index is 0.112. The molecule has 0 aliphatic heterocycles. The van der Waals surface area contributed by atoms with Crippen molar-refractivity contribution < 1.29 is 19.2 Å². The van der Waals surface area contributed by atoms with E-state index in [1.54, 1.807) is 0 Å². The van der Waals surface area contributed by atoms with E-state index in [0.717, 1.165) is 18.2 Å². The van der Waals surface area contributed by atoms with E-state index in [1.807, 2.05) is 0 Å². The molecule has 2 aromatic rings. The third-order valence-corrected chi connectivity index (χ3v) is 4.12. The Hall–Kier alpha value is -2.06. The molecule has 1 amide bonds. The lowest BCUT2D eigenvalue weighted by atomic mass is 10.2. The summed E-state index contributed by atoms with van der Waals surface area (Å²) in [5.41, 5.74) is -0.281. The van der Waals surface area contributed by atoms with Gasteiger partial charge in [-0.3, -0.25) is 14.9 Å². The summed E-state index contributed by atoms with van der Waals surface area (Å²) in [7, 11) is 0. The van der Waals surface area contributed by atoms with Crippen molar-refractivity contribution in [2.75, 3.05) is 11.9 Å². The van der Waals surface area contributed by atoms with Gasteiger partial charge in [0.15, 0.2) is 6.61 Å². The van der Waals surface area contributed by atoms with Crippen LogP contribution in [-0.2, 0) is 9.53 Å². The Labute approximate surface area is 166 Å². The second-order valence-electron chi connectivity index (χ2n) is 4.79. The first-order valence-electron chi connectivity index (χ1n) is 6.74. The average molecular weight is 438 g/mol. The first kappa shape index (κ1) is 20.3. The number of nitrogens with one attached hydrogen (secondary N) is 1. The highest BCUT2D eigenvalue weighted by molar-refractivity contribution is 6.42. The number of anilines is 1. The Morgan fingerprint density at radius 3 is 2.19 bits per heavy atom. The van der Waals surface area contributed by atoms with E-state index >= 15 is 0 Å². The number of hydrogen-bond donors (Lipinski definition) is 1. The predicted molar refractivity (Wildman–Crippen MR) is 98.5 cm³/mol. The zero-order valence-corrected chi connectivity index (χ0v) is 15.6. The molecular weight excluding hydrogens is 430 g/mol. The number of carbonyl (C=O) groups excluding carboxylic acids is 2. The lowest BCUT2D eigenvalue weighted by Gasteiger charge is -2.10. The number of amides is 1. The molecule has 0 spiro atoms. The lowest BCUT2D eigenvalue weighted by Crippen LogP contribution is -2.21. The summed E-state index contributed by atoms with van der Waals surface area (Å²) >= 11 is 23.5. The van der Waals surface area contributed by atoms with E-state index in [-0.39, 0.29) is 37.0 Å². The van der Waals surface area contributed by atoms with Gasteiger partial charge >= 0.3 is 5.97 Å². The van der Waals surface area contributed by atoms with Gasteiger partial charge < -0.3 is 10.1 Å². The van der Waals surface area contributed by atoms with Crippen LogP contribution in [0.1, 0.15) is 10.4 Å². The van der Waals surface area contributed by atoms with Crippen molar-refractivity contribution in [2.24, 2.45) is 0 Å². The Bertz CT molecular complexity index is 881. The highest BCUT2D eigenvalue weighted by Gasteiger charge is 2.18. The maximum Gasteiger partial charge on any atom is 0.340 e. The molecule has 0 atom stereocenters. The van der Waals surface area contributed by atoms with Gasteiger partial charge in [-0.2, -0.15) is 0 Å². The SMILES string of the molecule is O=C(COC(=O)c1ccc([N+](=O)[O-])cc1Cl)Nc1c(Cl)cc(Cl)cc1Cl. The summed E-state index contributed by atoms with van der Waals surface area (Å²) in [5.74, 6) is -1.63. The minimum atomic E-state index is -0.923. The zero-order chi connectivity index (χ0) is 19.4. The van der Waals surface area contributed by atoms with E-state index < -0.39 is 23.4 Å². The largest absolute Gasteiger partial charge is 0.452 e. The molecular formula is C15H8Cl4N2O5. The fraction of sp³-hybridized carbons (Fsp3) is 0.0667. The molecule has 0 heterocycles. The molecule has 0 radical (unpaired) electrons. The van der Waals surface area contributed by atoms with Crippen molar-refractivity contribution in [1.82, 2.24) is 0 Å². The molecule has 0 aromatic heterocycles. The molecule has 2 aromatic carbocycles. The van der Waals surface area contributed by atoms with E-state index in [9.17, 15) is 19.7 Å². The van der Waals surface area contributed by atoms with Gasteiger partial charge in [-0.15, -0.1) is 0 Å². The second kappa shape index (κ2) is 8.55. The number of hydrogen-bond acceptors (Lipinski definition) is 5. The van der Waals surface area contributed by atoms with Crippen molar-refractivity contribution in [1.29, 1.82) is 0 Å². The first-order valence-corrected chi connectivity index (χ1v) is 8.25. The van der Waals surface area contributed by atoms with Crippen molar-refractivity contribution in [2.45, 2.75) is 0 Å². The quantitative estimate of drug-likeness (QED) is 0.403. The number of rotatable bonds is 5. The molecule has 136 valence electrons. The molecule has 7 nitrogen and oxygen atoms in total.